The molecule has 1 aromatic carbocycles. The van der Waals surface area contributed by atoms with Gasteiger partial charge in [-0.15, -0.1) is 5.10 Å². The molecule has 110 valence electrons. The number of hydrogen-bond acceptors (Lipinski definition) is 5. The van der Waals surface area contributed by atoms with Gasteiger partial charge < -0.3 is 10.6 Å². The Hall–Kier alpha value is -1.99. The monoisotopic (exact) mass is 306 g/mol. The number of amides is 1. The lowest BCUT2D eigenvalue weighted by molar-refractivity contribution is -0.120. The van der Waals surface area contributed by atoms with Gasteiger partial charge in [-0.3, -0.25) is 4.79 Å². The van der Waals surface area contributed by atoms with Gasteiger partial charge in [0.1, 0.15) is 6.33 Å². The molecular weight excluding hydrogens is 292 g/mol. The van der Waals surface area contributed by atoms with E-state index in [1.807, 2.05) is 0 Å². The summed E-state index contributed by atoms with van der Waals surface area (Å²) in [5, 5.41) is 17.6. The normalized spacial score (nSPS) is 21.4. The number of hydrogen-bond donors (Lipinski definition) is 2. The maximum Gasteiger partial charge on any atom is 0.229 e. The second-order valence-corrected chi connectivity index (χ2v) is 5.56. The van der Waals surface area contributed by atoms with Crippen LogP contribution in [0, 0.1) is 11.8 Å². The van der Waals surface area contributed by atoms with Crippen LogP contribution >= 0.6 is 11.6 Å². The van der Waals surface area contributed by atoms with Crippen LogP contribution in [0.4, 0.5) is 5.69 Å². The molecule has 0 bridgehead atoms. The summed E-state index contributed by atoms with van der Waals surface area (Å²) in [5.41, 5.74) is 1.30. The van der Waals surface area contributed by atoms with Crippen molar-refractivity contribution in [3.63, 3.8) is 0 Å². The zero-order chi connectivity index (χ0) is 14.8. The van der Waals surface area contributed by atoms with E-state index in [1.54, 1.807) is 18.2 Å². The van der Waals surface area contributed by atoms with Gasteiger partial charge in [-0.1, -0.05) is 18.5 Å². The van der Waals surface area contributed by atoms with Crippen LogP contribution in [0.5, 0.6) is 0 Å². The molecule has 1 amide bonds. The highest BCUT2D eigenvalue weighted by Gasteiger charge is 2.29. The molecule has 7 nitrogen and oxygen atoms in total. The van der Waals surface area contributed by atoms with Gasteiger partial charge in [-0.05, 0) is 41.1 Å². The van der Waals surface area contributed by atoms with Gasteiger partial charge in [0.15, 0.2) is 0 Å². The number of nitrogens with one attached hydrogen (secondary N) is 2. The van der Waals surface area contributed by atoms with Gasteiger partial charge in [-0.2, -0.15) is 0 Å². The Morgan fingerprint density at radius 2 is 2.33 bits per heavy atom. The maximum absolute atomic E-state index is 12.3. The van der Waals surface area contributed by atoms with E-state index in [4.69, 9.17) is 11.6 Å². The molecular formula is C13H15ClN6O. The van der Waals surface area contributed by atoms with Gasteiger partial charge in [-0.25, -0.2) is 4.68 Å². The topological polar surface area (TPSA) is 84.7 Å². The first-order valence-corrected chi connectivity index (χ1v) is 7.07. The molecule has 0 radical (unpaired) electrons. The van der Waals surface area contributed by atoms with Crippen molar-refractivity contribution in [3.8, 4) is 5.69 Å². The first-order valence-electron chi connectivity index (χ1n) is 6.69. The number of aromatic nitrogens is 4. The number of benzene rings is 1. The van der Waals surface area contributed by atoms with E-state index in [0.717, 1.165) is 12.2 Å². The quantitative estimate of drug-likeness (QED) is 0.887. The highest BCUT2D eigenvalue weighted by Crippen LogP contribution is 2.26. The molecule has 3 rings (SSSR count). The zero-order valence-corrected chi connectivity index (χ0v) is 12.2. The van der Waals surface area contributed by atoms with E-state index in [2.05, 4.69) is 33.1 Å². The molecule has 1 aliphatic rings. The summed E-state index contributed by atoms with van der Waals surface area (Å²) in [6.07, 6.45) is 1.48. The van der Waals surface area contributed by atoms with E-state index in [9.17, 15) is 4.79 Å². The van der Waals surface area contributed by atoms with E-state index < -0.39 is 0 Å². The maximum atomic E-state index is 12.3. The van der Waals surface area contributed by atoms with Crippen molar-refractivity contribution in [1.29, 1.82) is 0 Å². The third-order valence-corrected chi connectivity index (χ3v) is 4.01. The first-order chi connectivity index (χ1) is 10.1. The van der Waals surface area contributed by atoms with Crippen LogP contribution in [0.25, 0.3) is 5.69 Å². The van der Waals surface area contributed by atoms with Crippen molar-refractivity contribution in [2.45, 2.75) is 6.92 Å². The summed E-state index contributed by atoms with van der Waals surface area (Å²) in [7, 11) is 0. The predicted molar refractivity (Wildman–Crippen MR) is 78.3 cm³/mol. The molecule has 0 aliphatic carbocycles. The highest BCUT2D eigenvalue weighted by molar-refractivity contribution is 6.33. The van der Waals surface area contributed by atoms with E-state index in [0.29, 0.717) is 23.2 Å². The van der Waals surface area contributed by atoms with Crippen molar-refractivity contribution in [2.24, 2.45) is 11.8 Å². The lowest BCUT2D eigenvalue weighted by atomic mass is 9.97. The molecule has 2 unspecified atom stereocenters. The van der Waals surface area contributed by atoms with Crippen LogP contribution in [0.1, 0.15) is 6.92 Å². The Morgan fingerprint density at radius 3 is 3.00 bits per heavy atom. The van der Waals surface area contributed by atoms with Gasteiger partial charge in [0.05, 0.1) is 22.3 Å². The molecule has 1 fully saturated rings. The minimum absolute atomic E-state index is 0.0248. The highest BCUT2D eigenvalue weighted by atomic mass is 35.5. The molecule has 2 aromatic rings. The molecule has 21 heavy (non-hydrogen) atoms. The summed E-state index contributed by atoms with van der Waals surface area (Å²) >= 11 is 6.15. The lowest BCUT2D eigenvalue weighted by Crippen LogP contribution is -2.28. The Balaban J connectivity index is 1.81. The number of rotatable bonds is 3. The van der Waals surface area contributed by atoms with Gasteiger partial charge in [0.2, 0.25) is 5.91 Å². The van der Waals surface area contributed by atoms with Crippen LogP contribution < -0.4 is 10.6 Å². The smallest absolute Gasteiger partial charge is 0.229 e. The summed E-state index contributed by atoms with van der Waals surface area (Å²) in [6.45, 7) is 3.61. The molecule has 1 saturated heterocycles. The number of halogens is 1. The van der Waals surface area contributed by atoms with Gasteiger partial charge in [0.25, 0.3) is 0 Å². The first kappa shape index (κ1) is 14.0. The number of carbonyl (C=O) groups excluding carboxylic acids is 1. The number of tetrazole rings is 1. The number of anilines is 1. The van der Waals surface area contributed by atoms with Crippen LogP contribution in [0.15, 0.2) is 24.5 Å². The van der Waals surface area contributed by atoms with Gasteiger partial charge in [0, 0.05) is 6.54 Å². The predicted octanol–water partition coefficient (Wildman–Crippen LogP) is 1.11. The molecule has 8 heteroatoms. The van der Waals surface area contributed by atoms with Crippen molar-refractivity contribution >= 4 is 23.2 Å². The second kappa shape index (κ2) is 5.79. The molecule has 1 aliphatic heterocycles. The van der Waals surface area contributed by atoms with Crippen LogP contribution in [0.3, 0.4) is 0 Å². The Kier molecular flexibility index (Phi) is 3.85. The minimum atomic E-state index is -0.0437. The lowest BCUT2D eigenvalue weighted by Gasteiger charge is -2.15. The summed E-state index contributed by atoms with van der Waals surface area (Å²) < 4.78 is 1.51. The van der Waals surface area contributed by atoms with E-state index >= 15 is 0 Å². The number of nitrogens with zero attached hydrogens (tertiary/aromatic N) is 4. The minimum Gasteiger partial charge on any atom is -0.324 e. The fourth-order valence-corrected chi connectivity index (χ4v) is 2.58. The Morgan fingerprint density at radius 1 is 1.48 bits per heavy atom. The van der Waals surface area contributed by atoms with E-state index in [1.165, 1.54) is 11.0 Å². The Bertz CT molecular complexity index is 644. The third-order valence-electron chi connectivity index (χ3n) is 3.68. The van der Waals surface area contributed by atoms with E-state index in [-0.39, 0.29) is 11.8 Å². The molecule has 0 spiro atoms. The summed E-state index contributed by atoms with van der Waals surface area (Å²) in [6, 6.07) is 5.25. The molecule has 0 saturated carbocycles. The average molecular weight is 307 g/mol. The van der Waals surface area contributed by atoms with Crippen LogP contribution in [-0.2, 0) is 4.79 Å². The van der Waals surface area contributed by atoms with Crippen LogP contribution in [0.2, 0.25) is 5.02 Å². The standard InChI is InChI=1S/C13H15ClN6O/c1-8-5-15-6-10(8)13(21)17-12-4-9(2-3-11(12)14)20-7-16-18-19-20/h2-4,7-8,10,15H,5-6H2,1H3,(H,17,21). The van der Waals surface area contributed by atoms with Crippen molar-refractivity contribution in [3.05, 3.63) is 29.5 Å². The fraction of sp³-hybridized carbons (Fsp3) is 0.385. The molecule has 2 N–H and O–H groups in total. The van der Waals surface area contributed by atoms with Crippen molar-refractivity contribution < 1.29 is 4.79 Å². The van der Waals surface area contributed by atoms with Crippen LogP contribution in [-0.4, -0.2) is 39.2 Å². The van der Waals surface area contributed by atoms with Gasteiger partial charge >= 0.3 is 0 Å². The van der Waals surface area contributed by atoms with Crippen molar-refractivity contribution in [1.82, 2.24) is 25.5 Å². The summed E-state index contributed by atoms with van der Waals surface area (Å²) in [5.74, 6) is 0.243. The Labute approximate surface area is 126 Å². The molecule has 1 aromatic heterocycles. The molecule has 2 atom stereocenters. The third kappa shape index (κ3) is 2.88. The summed E-state index contributed by atoms with van der Waals surface area (Å²) in [4.78, 5) is 12.3. The SMILES string of the molecule is CC1CNCC1C(=O)Nc1cc(-n2cnnn2)ccc1Cl. The average Bonchev–Trinajstić information content (AvgIpc) is 3.12. The zero-order valence-electron chi connectivity index (χ0n) is 11.5. The molecule has 2 heterocycles. The largest absolute Gasteiger partial charge is 0.324 e. The number of carbonyl (C=O) groups is 1. The fourth-order valence-electron chi connectivity index (χ4n) is 2.42. The van der Waals surface area contributed by atoms with Crippen molar-refractivity contribution in [2.75, 3.05) is 18.4 Å². The second-order valence-electron chi connectivity index (χ2n) is 5.15.